The second-order valence-electron chi connectivity index (χ2n) is 14.7. The number of rotatable bonds is 7. The Morgan fingerprint density at radius 2 is 0.923 bits per heavy atom. The Labute approximate surface area is 310 Å². The standard InChI is InChI=1S/C50H48N2/c1-11-45-47(51(42-20-13-32(3)37(8)27-42)30-40-17-12-31(2)36(7)26-40)25-19-41-18-23-46-48(24-16-35(6)49(46)50(41)45)52(43-21-14-33(4)38(9)28-43)44-22-15-34(5)39(10)29-44/h1,12-29H,30H2,2-10H3. The smallest absolute Gasteiger partial charge is 0.0579 e. The molecule has 0 fully saturated rings. The highest BCUT2D eigenvalue weighted by molar-refractivity contribution is 6.17. The van der Waals surface area contributed by atoms with Gasteiger partial charge in [0, 0.05) is 34.4 Å². The molecule has 7 rings (SSSR count). The van der Waals surface area contributed by atoms with Gasteiger partial charge >= 0.3 is 0 Å². The number of nitrogens with zero attached hydrogens (tertiary/aromatic N) is 2. The lowest BCUT2D eigenvalue weighted by molar-refractivity contribution is 0.968. The third-order valence-corrected chi connectivity index (χ3v) is 11.2. The minimum Gasteiger partial charge on any atom is -0.336 e. The average molecular weight is 677 g/mol. The molecule has 0 unspecified atom stereocenters. The van der Waals surface area contributed by atoms with Gasteiger partial charge in [-0.05, 0) is 177 Å². The summed E-state index contributed by atoms with van der Waals surface area (Å²) in [5.74, 6) is 3.22. The molecule has 0 N–H and O–H groups in total. The van der Waals surface area contributed by atoms with Crippen LogP contribution in [0, 0.1) is 74.7 Å². The van der Waals surface area contributed by atoms with Crippen molar-refractivity contribution in [2.45, 2.75) is 68.9 Å². The first-order valence-electron chi connectivity index (χ1n) is 18.3. The van der Waals surface area contributed by atoms with E-state index in [1.807, 2.05) is 0 Å². The Morgan fingerprint density at radius 3 is 1.48 bits per heavy atom. The fourth-order valence-electron chi connectivity index (χ4n) is 7.42. The summed E-state index contributed by atoms with van der Waals surface area (Å²) in [6.45, 7) is 20.4. The van der Waals surface area contributed by atoms with Gasteiger partial charge in [-0.15, -0.1) is 6.42 Å². The normalized spacial score (nSPS) is 11.2. The van der Waals surface area contributed by atoms with Crippen LogP contribution in [0.4, 0.5) is 28.4 Å². The average Bonchev–Trinajstić information content (AvgIpc) is 3.13. The van der Waals surface area contributed by atoms with Gasteiger partial charge in [0.05, 0.1) is 16.9 Å². The SMILES string of the molecule is C#Cc1c(N(Cc2ccc(C)c(C)c2)c2ccc(C)c(C)c2)ccc2ccc3c(N(c4ccc(C)c(C)c4)c4ccc(C)c(C)c4)ccc(C)c3c12. The van der Waals surface area contributed by atoms with Gasteiger partial charge in [-0.3, -0.25) is 0 Å². The van der Waals surface area contributed by atoms with Crippen LogP contribution in [0.1, 0.15) is 61.2 Å². The van der Waals surface area contributed by atoms with Crippen molar-refractivity contribution in [1.82, 2.24) is 0 Å². The summed E-state index contributed by atoms with van der Waals surface area (Å²) in [5, 5.41) is 4.61. The zero-order valence-corrected chi connectivity index (χ0v) is 32.1. The molecule has 0 aliphatic rings. The van der Waals surface area contributed by atoms with Gasteiger partial charge < -0.3 is 9.80 Å². The summed E-state index contributed by atoms with van der Waals surface area (Å²) in [6.07, 6.45) is 6.62. The Balaban J connectivity index is 1.51. The Hall–Kier alpha value is -5.78. The molecule has 52 heavy (non-hydrogen) atoms. The molecule has 7 aromatic carbocycles. The largest absolute Gasteiger partial charge is 0.336 e. The molecule has 0 radical (unpaired) electrons. The van der Waals surface area contributed by atoms with E-state index >= 15 is 0 Å². The fourth-order valence-corrected chi connectivity index (χ4v) is 7.42. The molecule has 0 aliphatic carbocycles. The number of terminal acetylenes is 1. The number of hydrogen-bond acceptors (Lipinski definition) is 2. The van der Waals surface area contributed by atoms with Crippen LogP contribution in [-0.4, -0.2) is 0 Å². The number of anilines is 5. The van der Waals surface area contributed by atoms with Gasteiger partial charge in [-0.2, -0.15) is 0 Å². The van der Waals surface area contributed by atoms with Crippen molar-refractivity contribution in [1.29, 1.82) is 0 Å². The van der Waals surface area contributed by atoms with E-state index in [2.05, 4.69) is 187 Å². The van der Waals surface area contributed by atoms with Gasteiger partial charge in [0.25, 0.3) is 0 Å². The topological polar surface area (TPSA) is 6.48 Å². The summed E-state index contributed by atoms with van der Waals surface area (Å²) in [6, 6.07) is 40.6. The van der Waals surface area contributed by atoms with Crippen molar-refractivity contribution in [3.63, 3.8) is 0 Å². The molecule has 0 aromatic heterocycles. The second-order valence-corrected chi connectivity index (χ2v) is 14.7. The van der Waals surface area contributed by atoms with Gasteiger partial charge in [0.1, 0.15) is 0 Å². The third kappa shape index (κ3) is 6.22. The molecule has 2 heteroatoms. The van der Waals surface area contributed by atoms with Crippen LogP contribution in [0.25, 0.3) is 21.5 Å². The fraction of sp³-hybridized carbons (Fsp3) is 0.200. The maximum absolute atomic E-state index is 6.62. The minimum atomic E-state index is 0.701. The van der Waals surface area contributed by atoms with E-state index in [1.165, 1.54) is 66.4 Å². The summed E-state index contributed by atoms with van der Waals surface area (Å²) < 4.78 is 0. The number of aryl methyl sites for hydroxylation is 9. The number of fused-ring (bicyclic) bond motifs is 3. The van der Waals surface area contributed by atoms with Crippen LogP contribution < -0.4 is 9.80 Å². The van der Waals surface area contributed by atoms with E-state index in [0.717, 1.165) is 44.8 Å². The molecule has 258 valence electrons. The second kappa shape index (κ2) is 13.7. The Bertz CT molecular complexity index is 2510. The molecular weight excluding hydrogens is 629 g/mol. The predicted octanol–water partition coefficient (Wildman–Crippen LogP) is 13.6. The highest BCUT2D eigenvalue weighted by Crippen LogP contribution is 2.45. The zero-order chi connectivity index (χ0) is 36.8. The van der Waals surface area contributed by atoms with E-state index in [-0.39, 0.29) is 0 Å². The molecule has 0 heterocycles. The highest BCUT2D eigenvalue weighted by atomic mass is 15.1. The highest BCUT2D eigenvalue weighted by Gasteiger charge is 2.22. The molecule has 0 amide bonds. The van der Waals surface area contributed by atoms with Crippen molar-refractivity contribution in [3.8, 4) is 12.3 Å². The van der Waals surface area contributed by atoms with E-state index in [4.69, 9.17) is 6.42 Å². The quantitative estimate of drug-likeness (QED) is 0.122. The summed E-state index contributed by atoms with van der Waals surface area (Å²) in [7, 11) is 0. The molecule has 7 aromatic rings. The van der Waals surface area contributed by atoms with Crippen LogP contribution in [0.15, 0.2) is 109 Å². The van der Waals surface area contributed by atoms with E-state index in [0.29, 0.717) is 6.54 Å². The maximum atomic E-state index is 6.62. The Morgan fingerprint density at radius 1 is 0.442 bits per heavy atom. The summed E-state index contributed by atoms with van der Waals surface area (Å²) in [4.78, 5) is 4.81. The molecule has 2 nitrogen and oxygen atoms in total. The molecule has 0 spiro atoms. The summed E-state index contributed by atoms with van der Waals surface area (Å²) >= 11 is 0. The van der Waals surface area contributed by atoms with E-state index in [9.17, 15) is 0 Å². The predicted molar refractivity (Wildman–Crippen MR) is 225 cm³/mol. The lowest BCUT2D eigenvalue weighted by Gasteiger charge is -2.30. The molecule has 0 saturated carbocycles. The van der Waals surface area contributed by atoms with E-state index in [1.54, 1.807) is 0 Å². The molecule has 0 atom stereocenters. The van der Waals surface area contributed by atoms with Crippen molar-refractivity contribution in [2.24, 2.45) is 0 Å². The first kappa shape index (κ1) is 34.7. The van der Waals surface area contributed by atoms with Gasteiger partial charge in [0.2, 0.25) is 0 Å². The van der Waals surface area contributed by atoms with Crippen LogP contribution in [0.5, 0.6) is 0 Å². The van der Waals surface area contributed by atoms with Gasteiger partial charge in [-0.25, -0.2) is 0 Å². The number of benzene rings is 7. The summed E-state index contributed by atoms with van der Waals surface area (Å²) in [5.41, 5.74) is 19.1. The minimum absolute atomic E-state index is 0.701. The van der Waals surface area contributed by atoms with Crippen molar-refractivity contribution in [2.75, 3.05) is 9.80 Å². The molecule has 0 aliphatic heterocycles. The van der Waals surface area contributed by atoms with Crippen LogP contribution in [-0.2, 0) is 6.54 Å². The molecule has 0 saturated heterocycles. The van der Waals surface area contributed by atoms with Crippen molar-refractivity contribution in [3.05, 3.63) is 170 Å². The first-order chi connectivity index (χ1) is 24.9. The van der Waals surface area contributed by atoms with Gasteiger partial charge in [0.15, 0.2) is 0 Å². The van der Waals surface area contributed by atoms with Crippen LogP contribution >= 0.6 is 0 Å². The Kier molecular flexibility index (Phi) is 9.16. The van der Waals surface area contributed by atoms with Crippen molar-refractivity contribution >= 4 is 50.0 Å². The molecular formula is C50H48N2. The lowest BCUT2D eigenvalue weighted by atomic mass is 9.92. The van der Waals surface area contributed by atoms with Crippen LogP contribution in [0.2, 0.25) is 0 Å². The van der Waals surface area contributed by atoms with Crippen molar-refractivity contribution < 1.29 is 0 Å². The van der Waals surface area contributed by atoms with Crippen LogP contribution in [0.3, 0.4) is 0 Å². The third-order valence-electron chi connectivity index (χ3n) is 11.2. The molecule has 0 bridgehead atoms. The zero-order valence-electron chi connectivity index (χ0n) is 32.1. The van der Waals surface area contributed by atoms with Gasteiger partial charge in [-0.1, -0.05) is 66.6 Å². The monoisotopic (exact) mass is 676 g/mol. The maximum Gasteiger partial charge on any atom is 0.0579 e. The number of hydrogen-bond donors (Lipinski definition) is 0. The lowest BCUT2D eigenvalue weighted by Crippen LogP contribution is -2.18. The van der Waals surface area contributed by atoms with E-state index < -0.39 is 0 Å². The first-order valence-corrected chi connectivity index (χ1v) is 18.3.